The largest absolute Gasteiger partial charge is 0.379 e. The Hall–Kier alpha value is -2.76. The number of nitrogens with zero attached hydrogens (tertiary/aromatic N) is 2. The number of halogens is 2. The number of amidine groups is 1. The molecule has 0 bridgehead atoms. The third kappa shape index (κ3) is 3.14. The minimum Gasteiger partial charge on any atom is -0.379 e. The first kappa shape index (κ1) is 21.1. The molecule has 1 spiro atoms. The molecule has 0 aliphatic carbocycles. The molecule has 2 fully saturated rings. The van der Waals surface area contributed by atoms with Gasteiger partial charge in [0.05, 0.1) is 22.9 Å². The van der Waals surface area contributed by atoms with Crippen molar-refractivity contribution in [3.8, 4) is 0 Å². The Morgan fingerprint density at radius 1 is 1.34 bits per heavy atom. The first-order valence-corrected chi connectivity index (χ1v) is 11.8. The van der Waals surface area contributed by atoms with Crippen LogP contribution in [-0.4, -0.2) is 48.1 Å². The van der Waals surface area contributed by atoms with E-state index in [1.54, 1.807) is 13.0 Å². The van der Waals surface area contributed by atoms with Gasteiger partial charge in [-0.05, 0) is 31.5 Å². The Kier molecular flexibility index (Phi) is 4.70. The van der Waals surface area contributed by atoms with Crippen molar-refractivity contribution in [2.75, 3.05) is 24.3 Å². The molecule has 168 valence electrons. The summed E-state index contributed by atoms with van der Waals surface area (Å²) in [5.41, 5.74) is 0.0308. The molecule has 2 saturated heterocycles. The van der Waals surface area contributed by atoms with Crippen LogP contribution in [0.2, 0.25) is 5.02 Å². The van der Waals surface area contributed by atoms with Crippen molar-refractivity contribution in [2.45, 2.75) is 23.6 Å². The van der Waals surface area contributed by atoms with Crippen LogP contribution in [-0.2, 0) is 20.1 Å². The molecule has 2 aromatic heterocycles. The predicted molar refractivity (Wildman–Crippen MR) is 117 cm³/mol. The van der Waals surface area contributed by atoms with Gasteiger partial charge in [0.2, 0.25) is 5.82 Å². The van der Waals surface area contributed by atoms with Crippen molar-refractivity contribution < 1.29 is 22.1 Å². The number of hydrogen-bond donors (Lipinski definition) is 3. The van der Waals surface area contributed by atoms with Crippen molar-refractivity contribution in [2.24, 2.45) is 0 Å². The van der Waals surface area contributed by atoms with Crippen LogP contribution in [0.15, 0.2) is 35.0 Å². The summed E-state index contributed by atoms with van der Waals surface area (Å²) in [5.74, 6) is -0.843. The van der Waals surface area contributed by atoms with Gasteiger partial charge >= 0.3 is 0 Å². The smallest absolute Gasteiger partial charge is 0.200 e. The van der Waals surface area contributed by atoms with Gasteiger partial charge in [-0.3, -0.25) is 5.41 Å². The number of benzene rings is 1. The van der Waals surface area contributed by atoms with Crippen LogP contribution < -0.4 is 10.6 Å². The normalized spacial score (nSPS) is 27.0. The quantitative estimate of drug-likeness (QED) is 0.522. The number of ether oxygens (including phenoxy) is 1. The molecule has 0 radical (unpaired) electrons. The topological polar surface area (TPSA) is 130 Å². The third-order valence-electron chi connectivity index (χ3n) is 6.02. The van der Waals surface area contributed by atoms with Gasteiger partial charge in [-0.15, -0.1) is 0 Å². The minimum atomic E-state index is -3.79. The second kappa shape index (κ2) is 7.12. The Morgan fingerprint density at radius 2 is 2.16 bits per heavy atom. The molecule has 0 unspecified atom stereocenters. The number of rotatable bonds is 3. The van der Waals surface area contributed by atoms with Crippen LogP contribution in [0.1, 0.15) is 18.9 Å². The minimum absolute atomic E-state index is 0.0719. The zero-order valence-electron chi connectivity index (χ0n) is 16.9. The van der Waals surface area contributed by atoms with Gasteiger partial charge in [0.15, 0.2) is 25.7 Å². The third-order valence-corrected chi connectivity index (χ3v) is 8.90. The highest BCUT2D eigenvalue weighted by molar-refractivity contribution is 7.93. The molecule has 1 aromatic carbocycles. The Balaban J connectivity index is 1.50. The second-order valence-corrected chi connectivity index (χ2v) is 11.0. The van der Waals surface area contributed by atoms with Gasteiger partial charge in [-0.2, -0.15) is 0 Å². The number of fused-ring (bicyclic) bond motifs is 1. The van der Waals surface area contributed by atoms with Gasteiger partial charge in [0.25, 0.3) is 0 Å². The molecule has 2 atom stereocenters. The molecule has 12 heteroatoms. The fraction of sp³-hybridized carbons (Fsp3) is 0.350. The van der Waals surface area contributed by atoms with Gasteiger partial charge in [-0.1, -0.05) is 16.8 Å². The van der Waals surface area contributed by atoms with Crippen molar-refractivity contribution >= 4 is 49.9 Å². The molecule has 0 amide bonds. The lowest BCUT2D eigenvalue weighted by atomic mass is 9.91. The molecule has 3 N–H and O–H groups in total. The van der Waals surface area contributed by atoms with Crippen molar-refractivity contribution in [1.82, 2.24) is 15.5 Å². The Morgan fingerprint density at radius 3 is 2.88 bits per heavy atom. The van der Waals surface area contributed by atoms with Crippen LogP contribution >= 0.6 is 11.6 Å². The van der Waals surface area contributed by atoms with Gasteiger partial charge in [0.1, 0.15) is 11.7 Å². The number of pyridine rings is 1. The molecule has 3 aromatic rings. The Bertz CT molecular complexity index is 1360. The highest BCUT2D eigenvalue weighted by Crippen LogP contribution is 2.40. The summed E-state index contributed by atoms with van der Waals surface area (Å²) >= 11 is 5.91. The van der Waals surface area contributed by atoms with Crippen LogP contribution in [0.3, 0.4) is 0 Å². The Labute approximate surface area is 187 Å². The fourth-order valence-electron chi connectivity index (χ4n) is 4.28. The number of anilines is 2. The van der Waals surface area contributed by atoms with Crippen LogP contribution in [0.4, 0.5) is 15.9 Å². The lowest BCUT2D eigenvalue weighted by Crippen LogP contribution is -2.66. The molecule has 0 saturated carbocycles. The summed E-state index contributed by atoms with van der Waals surface area (Å²) in [6.07, 6.45) is 1.66. The first-order valence-electron chi connectivity index (χ1n) is 9.79. The highest BCUT2D eigenvalue weighted by atomic mass is 35.5. The summed E-state index contributed by atoms with van der Waals surface area (Å²) in [4.78, 5) is 4.19. The van der Waals surface area contributed by atoms with Gasteiger partial charge in [0, 0.05) is 30.1 Å². The van der Waals surface area contributed by atoms with E-state index >= 15 is 0 Å². The molecule has 32 heavy (non-hydrogen) atoms. The first-order chi connectivity index (χ1) is 15.1. The second-order valence-electron chi connectivity index (χ2n) is 8.24. The van der Waals surface area contributed by atoms with Crippen molar-refractivity contribution in [3.63, 3.8) is 0 Å². The summed E-state index contributed by atoms with van der Waals surface area (Å²) in [6.45, 7) is 1.76. The maximum atomic E-state index is 14.9. The molecule has 2 aliphatic rings. The number of sulfone groups is 1. The average molecular weight is 480 g/mol. The fourth-order valence-corrected chi connectivity index (χ4v) is 6.72. The molecule has 2 aliphatic heterocycles. The number of nitrogens with one attached hydrogen (secondary N) is 3. The van der Waals surface area contributed by atoms with Crippen molar-refractivity contribution in [1.29, 1.82) is 5.41 Å². The van der Waals surface area contributed by atoms with E-state index < -0.39 is 25.9 Å². The molecule has 4 heterocycles. The predicted octanol–water partition coefficient (Wildman–Crippen LogP) is 3.13. The summed E-state index contributed by atoms with van der Waals surface area (Å²) in [7, 11) is -3.79. The SMILES string of the molecule is C[C@@]1(c2cc(Nc3noc4cc(Cl)cnc34)ccc2F)CS(=O)(=O)[C@@]2(CCOC2)C(=N)N1. The van der Waals surface area contributed by atoms with E-state index in [1.807, 2.05) is 0 Å². The zero-order valence-corrected chi connectivity index (χ0v) is 18.5. The standard InChI is InChI=1S/C20H19ClFN5O4S/c1-19(10-32(28,29)20(18(23)26-19)4-5-30-9-20)13-7-12(2-3-14(13)22)25-17-16-15(31-27-17)6-11(21)8-24-16/h2-3,6-8H,4-5,9-10H2,1H3,(H2,23,26)(H,25,27)/t19-,20+/m0/s1. The zero-order chi connectivity index (χ0) is 22.7. The van der Waals surface area contributed by atoms with E-state index in [2.05, 4.69) is 20.8 Å². The molecular formula is C20H19ClFN5O4S. The summed E-state index contributed by atoms with van der Waals surface area (Å²) < 4.78 is 50.4. The monoisotopic (exact) mass is 479 g/mol. The lowest BCUT2D eigenvalue weighted by molar-refractivity contribution is 0.193. The molecule has 9 nitrogen and oxygen atoms in total. The highest BCUT2D eigenvalue weighted by Gasteiger charge is 2.58. The lowest BCUT2D eigenvalue weighted by Gasteiger charge is -2.44. The van der Waals surface area contributed by atoms with Crippen LogP contribution in [0, 0.1) is 11.2 Å². The average Bonchev–Trinajstić information content (AvgIpc) is 3.36. The van der Waals surface area contributed by atoms with E-state index in [0.717, 1.165) is 0 Å². The van der Waals surface area contributed by atoms with Gasteiger partial charge < -0.3 is 19.9 Å². The van der Waals surface area contributed by atoms with E-state index in [0.29, 0.717) is 27.6 Å². The number of aromatic nitrogens is 2. The molecular weight excluding hydrogens is 461 g/mol. The summed E-state index contributed by atoms with van der Waals surface area (Å²) in [5, 5.41) is 18.7. The number of hydrogen-bond acceptors (Lipinski definition) is 8. The molecule has 5 rings (SSSR count). The van der Waals surface area contributed by atoms with E-state index in [4.69, 9.17) is 26.3 Å². The van der Waals surface area contributed by atoms with E-state index in [1.165, 1.54) is 24.4 Å². The van der Waals surface area contributed by atoms with Gasteiger partial charge in [-0.25, -0.2) is 17.8 Å². The maximum absolute atomic E-state index is 14.9. The van der Waals surface area contributed by atoms with E-state index in [-0.39, 0.29) is 36.8 Å². The van der Waals surface area contributed by atoms with Crippen LogP contribution in [0.25, 0.3) is 11.1 Å². The van der Waals surface area contributed by atoms with Crippen molar-refractivity contribution in [3.05, 3.63) is 46.9 Å². The van der Waals surface area contributed by atoms with Crippen LogP contribution in [0.5, 0.6) is 0 Å². The van der Waals surface area contributed by atoms with E-state index in [9.17, 15) is 12.8 Å². The maximum Gasteiger partial charge on any atom is 0.200 e. The summed E-state index contributed by atoms with van der Waals surface area (Å²) in [6, 6.07) is 5.79.